The normalized spacial score (nSPS) is 10.6. The minimum absolute atomic E-state index is 0.0208. The summed E-state index contributed by atoms with van der Waals surface area (Å²) in [6.45, 7) is 6.96. The van der Waals surface area contributed by atoms with E-state index in [2.05, 4.69) is 10.0 Å². The molecular weight excluding hydrogens is 230 g/mol. The van der Waals surface area contributed by atoms with Crippen LogP contribution in [0.25, 0.3) is 21.5 Å². The summed E-state index contributed by atoms with van der Waals surface area (Å²) in [5, 5.41) is 3.65. The van der Waals surface area contributed by atoms with Gasteiger partial charge in [-0.25, -0.2) is 4.79 Å². The number of imidazole rings is 1. The smallest absolute Gasteiger partial charge is 0.292 e. The lowest BCUT2D eigenvalue weighted by Gasteiger charge is -2.03. The van der Waals surface area contributed by atoms with Crippen LogP contribution in [0.1, 0.15) is 19.4 Å². The van der Waals surface area contributed by atoms with Crippen molar-refractivity contribution in [1.29, 1.82) is 0 Å². The van der Waals surface area contributed by atoms with Gasteiger partial charge in [0.15, 0.2) is 0 Å². The third-order valence-corrected chi connectivity index (χ3v) is 3.12. The molecule has 0 saturated heterocycles. The molecule has 0 amide bonds. The van der Waals surface area contributed by atoms with Crippen LogP contribution < -0.4 is 5.69 Å². The van der Waals surface area contributed by atoms with Crippen molar-refractivity contribution in [3.63, 3.8) is 0 Å². The molecule has 0 aliphatic rings. The summed E-state index contributed by atoms with van der Waals surface area (Å²) in [4.78, 5) is 15.0. The van der Waals surface area contributed by atoms with Gasteiger partial charge in [-0.05, 0) is 44.0 Å². The Hall–Kier alpha value is -2.20. The van der Waals surface area contributed by atoms with E-state index in [1.807, 2.05) is 26.8 Å². The monoisotopic (exact) mass is 245 g/mol. The fraction of sp³-hybridized carbons (Fsp3) is 0.417. The predicted octanol–water partition coefficient (Wildman–Crippen LogP) is 3.09. The van der Waals surface area contributed by atoms with Gasteiger partial charge in [0.1, 0.15) is 0 Å². The second-order valence-corrected chi connectivity index (χ2v) is 4.09. The number of hydrogen-bond acceptors (Lipinski definition) is 2. The summed E-state index contributed by atoms with van der Waals surface area (Å²) in [6.07, 6.45) is 0. The van der Waals surface area contributed by atoms with E-state index < -0.39 is 0 Å². The summed E-state index contributed by atoms with van der Waals surface area (Å²) in [6, 6.07) is 3.68. The van der Waals surface area contributed by atoms with Crippen LogP contribution in [0, 0.1) is 6.92 Å². The van der Waals surface area contributed by atoms with Crippen LogP contribution in [0.2, 0.25) is 0 Å². The van der Waals surface area contributed by atoms with Gasteiger partial charge in [0.05, 0.1) is 11.0 Å². The van der Waals surface area contributed by atoms with Gasteiger partial charge in [0.25, 0.3) is 0 Å². The summed E-state index contributed by atoms with van der Waals surface area (Å²) < 4.78 is 3.42. The Balaban J connectivity index is 2.92. The number of hydrogen-bond donors (Lipinski definition) is 0. The maximum absolute atomic E-state index is 12.2. The zero-order chi connectivity index (χ0) is 13.3. The van der Waals surface area contributed by atoms with E-state index in [4.69, 9.17) is 5.53 Å². The highest BCUT2D eigenvalue weighted by Gasteiger charge is 2.12. The summed E-state index contributed by atoms with van der Waals surface area (Å²) in [7, 11) is 0. The molecule has 1 aromatic carbocycles. The van der Waals surface area contributed by atoms with Crippen LogP contribution >= 0.6 is 0 Å². The van der Waals surface area contributed by atoms with E-state index in [-0.39, 0.29) is 5.69 Å². The SMILES string of the molecule is CCn1c(=O)n(CC)c2cc(N=[N+]=[N-])c(C)cc21. The van der Waals surface area contributed by atoms with Crippen molar-refractivity contribution in [2.75, 3.05) is 0 Å². The first-order valence-electron chi connectivity index (χ1n) is 5.92. The average molecular weight is 245 g/mol. The molecule has 0 unspecified atom stereocenters. The van der Waals surface area contributed by atoms with Gasteiger partial charge in [-0.2, -0.15) is 0 Å². The second-order valence-electron chi connectivity index (χ2n) is 4.09. The predicted molar refractivity (Wildman–Crippen MR) is 71.1 cm³/mol. The van der Waals surface area contributed by atoms with Crippen molar-refractivity contribution in [2.45, 2.75) is 33.9 Å². The molecule has 0 N–H and O–H groups in total. The lowest BCUT2D eigenvalue weighted by Crippen LogP contribution is -2.23. The van der Waals surface area contributed by atoms with E-state index >= 15 is 0 Å². The highest BCUT2D eigenvalue weighted by Crippen LogP contribution is 2.25. The van der Waals surface area contributed by atoms with Crippen molar-refractivity contribution >= 4 is 16.7 Å². The average Bonchev–Trinajstić information content (AvgIpc) is 2.61. The zero-order valence-electron chi connectivity index (χ0n) is 10.7. The molecule has 0 bridgehead atoms. The first-order chi connectivity index (χ1) is 8.63. The Kier molecular flexibility index (Phi) is 3.12. The van der Waals surface area contributed by atoms with Gasteiger partial charge in [-0.15, -0.1) is 0 Å². The van der Waals surface area contributed by atoms with Gasteiger partial charge in [-0.3, -0.25) is 9.13 Å². The largest absolute Gasteiger partial charge is 0.329 e. The van der Waals surface area contributed by atoms with Crippen molar-refractivity contribution in [2.24, 2.45) is 5.11 Å². The Labute approximate surface area is 104 Å². The van der Waals surface area contributed by atoms with Crippen LogP contribution in [0.4, 0.5) is 5.69 Å². The molecule has 1 aromatic heterocycles. The number of benzene rings is 1. The molecule has 0 atom stereocenters. The first-order valence-corrected chi connectivity index (χ1v) is 5.92. The van der Waals surface area contributed by atoms with Crippen LogP contribution in [-0.2, 0) is 13.1 Å². The molecule has 2 rings (SSSR count). The number of nitrogens with zero attached hydrogens (tertiary/aromatic N) is 5. The maximum Gasteiger partial charge on any atom is 0.329 e. The Morgan fingerprint density at radius 1 is 1.22 bits per heavy atom. The van der Waals surface area contributed by atoms with Gasteiger partial charge >= 0.3 is 5.69 Å². The molecule has 18 heavy (non-hydrogen) atoms. The molecule has 2 aromatic rings. The van der Waals surface area contributed by atoms with Gasteiger partial charge in [0, 0.05) is 23.7 Å². The van der Waals surface area contributed by atoms with E-state index in [9.17, 15) is 4.79 Å². The molecule has 0 spiro atoms. The van der Waals surface area contributed by atoms with E-state index in [0.29, 0.717) is 18.8 Å². The van der Waals surface area contributed by atoms with Crippen LogP contribution in [0.3, 0.4) is 0 Å². The minimum Gasteiger partial charge on any atom is -0.292 e. The number of aromatic nitrogens is 2. The highest BCUT2D eigenvalue weighted by molar-refractivity contribution is 5.81. The summed E-state index contributed by atoms with van der Waals surface area (Å²) in [5.74, 6) is 0. The fourth-order valence-corrected chi connectivity index (χ4v) is 2.22. The number of azide groups is 1. The van der Waals surface area contributed by atoms with Crippen molar-refractivity contribution < 1.29 is 0 Å². The molecule has 0 fully saturated rings. The van der Waals surface area contributed by atoms with Gasteiger partial charge in [-0.1, -0.05) is 5.11 Å². The number of rotatable bonds is 3. The second kappa shape index (κ2) is 4.58. The summed E-state index contributed by atoms with van der Waals surface area (Å²) in [5.41, 5.74) is 11.7. The quantitative estimate of drug-likeness (QED) is 0.465. The molecule has 94 valence electrons. The van der Waals surface area contributed by atoms with E-state index in [1.54, 1.807) is 15.2 Å². The molecule has 0 aliphatic heterocycles. The van der Waals surface area contributed by atoms with E-state index in [1.165, 1.54) is 0 Å². The first kappa shape index (κ1) is 12.3. The molecule has 0 saturated carbocycles. The fourth-order valence-electron chi connectivity index (χ4n) is 2.22. The van der Waals surface area contributed by atoms with Crippen molar-refractivity contribution in [1.82, 2.24) is 9.13 Å². The third kappa shape index (κ3) is 1.67. The lowest BCUT2D eigenvalue weighted by molar-refractivity contribution is 0.671. The topological polar surface area (TPSA) is 75.7 Å². The minimum atomic E-state index is -0.0208. The van der Waals surface area contributed by atoms with Gasteiger partial charge < -0.3 is 0 Å². The highest BCUT2D eigenvalue weighted by atomic mass is 16.1. The van der Waals surface area contributed by atoms with Gasteiger partial charge in [0.2, 0.25) is 0 Å². The molecule has 0 radical (unpaired) electrons. The Morgan fingerprint density at radius 3 is 2.28 bits per heavy atom. The molecule has 6 nitrogen and oxygen atoms in total. The van der Waals surface area contributed by atoms with Crippen LogP contribution in [-0.4, -0.2) is 9.13 Å². The van der Waals surface area contributed by atoms with Crippen LogP contribution in [0.15, 0.2) is 22.0 Å². The Morgan fingerprint density at radius 2 is 1.78 bits per heavy atom. The van der Waals surface area contributed by atoms with E-state index in [0.717, 1.165) is 16.6 Å². The van der Waals surface area contributed by atoms with Crippen molar-refractivity contribution in [3.8, 4) is 0 Å². The standard InChI is InChI=1S/C12H15N5O/c1-4-16-10-6-8(3)9(14-15-13)7-11(10)17(5-2)12(16)18/h6-7H,4-5H2,1-3H3. The van der Waals surface area contributed by atoms with Crippen LogP contribution in [0.5, 0.6) is 0 Å². The molecule has 1 heterocycles. The third-order valence-electron chi connectivity index (χ3n) is 3.12. The molecule has 6 heteroatoms. The molecule has 0 aliphatic carbocycles. The Bertz CT molecular complexity index is 703. The number of fused-ring (bicyclic) bond motifs is 1. The number of aryl methyl sites for hydroxylation is 3. The lowest BCUT2D eigenvalue weighted by atomic mass is 10.2. The maximum atomic E-state index is 12.2. The zero-order valence-corrected chi connectivity index (χ0v) is 10.7. The summed E-state index contributed by atoms with van der Waals surface area (Å²) >= 11 is 0. The van der Waals surface area contributed by atoms with Crippen molar-refractivity contribution in [3.05, 3.63) is 38.6 Å². The molecular formula is C12H15N5O.